The number of hydrogen-bond acceptors (Lipinski definition) is 6. The summed E-state index contributed by atoms with van der Waals surface area (Å²) in [4.78, 5) is 12.5. The van der Waals surface area contributed by atoms with Crippen molar-refractivity contribution in [2.75, 3.05) is 7.11 Å². The summed E-state index contributed by atoms with van der Waals surface area (Å²) in [6.45, 7) is 4.49. The van der Waals surface area contributed by atoms with Crippen molar-refractivity contribution in [2.45, 2.75) is 27.1 Å². The zero-order chi connectivity index (χ0) is 29.5. The number of hydrazone groups is 1. The molecular formula is C33H30FN3O5. The highest BCUT2D eigenvalue weighted by atomic mass is 19.1. The minimum absolute atomic E-state index is 0.110. The van der Waals surface area contributed by atoms with Crippen LogP contribution in [-0.2, 0) is 13.2 Å². The van der Waals surface area contributed by atoms with Crippen molar-refractivity contribution in [3.05, 3.63) is 131 Å². The van der Waals surface area contributed by atoms with Gasteiger partial charge in [0.25, 0.3) is 0 Å². The number of benzene rings is 3. The molecule has 5 rings (SSSR count). The van der Waals surface area contributed by atoms with Gasteiger partial charge in [-0.05, 0) is 104 Å². The molecule has 42 heavy (non-hydrogen) atoms. The number of methoxy groups -OCH3 is 1. The van der Waals surface area contributed by atoms with Gasteiger partial charge < -0.3 is 23.2 Å². The maximum Gasteiger partial charge on any atom is 0.307 e. The first kappa shape index (κ1) is 28.2. The Morgan fingerprint density at radius 1 is 0.905 bits per heavy atom. The molecule has 0 aliphatic heterocycles. The molecule has 0 saturated carbocycles. The van der Waals surface area contributed by atoms with Crippen molar-refractivity contribution in [1.29, 1.82) is 0 Å². The first-order chi connectivity index (χ1) is 20.4. The van der Waals surface area contributed by atoms with E-state index in [4.69, 9.17) is 18.6 Å². The fraction of sp³-hybridized carbons (Fsp3) is 0.152. The predicted molar refractivity (Wildman–Crippen MR) is 157 cm³/mol. The second-order valence-corrected chi connectivity index (χ2v) is 9.53. The second-order valence-electron chi connectivity index (χ2n) is 9.53. The standard InChI is InChI=1S/C33H30FN3O5/c1-22-7-8-23(2)37(22)27-10-12-28(13-11-27)40-21-29-14-16-31(42-29)33(38)36-35-19-24-9-15-30(32(18-24)39-3)41-20-25-5-4-6-26(34)17-25/h4-19H,20-21H2,1-3H3,(H,36,38). The largest absolute Gasteiger partial charge is 0.493 e. The summed E-state index contributed by atoms with van der Waals surface area (Å²) in [5.74, 6) is 1.45. The van der Waals surface area contributed by atoms with Crippen LogP contribution in [0.15, 0.2) is 101 Å². The van der Waals surface area contributed by atoms with Gasteiger partial charge >= 0.3 is 5.91 Å². The maximum absolute atomic E-state index is 13.4. The van der Waals surface area contributed by atoms with E-state index < -0.39 is 5.91 Å². The van der Waals surface area contributed by atoms with Crippen molar-refractivity contribution < 1.29 is 27.8 Å². The highest BCUT2D eigenvalue weighted by Crippen LogP contribution is 2.28. The Bertz CT molecular complexity index is 1690. The summed E-state index contributed by atoms with van der Waals surface area (Å²) in [5.41, 5.74) is 7.21. The van der Waals surface area contributed by atoms with E-state index in [1.807, 2.05) is 24.3 Å². The lowest BCUT2D eigenvalue weighted by Gasteiger charge is -2.11. The van der Waals surface area contributed by atoms with E-state index in [0.717, 1.165) is 17.1 Å². The SMILES string of the molecule is COc1cc(C=NNC(=O)c2ccc(COc3ccc(-n4c(C)ccc4C)cc3)o2)ccc1OCc1cccc(F)c1. The average molecular weight is 568 g/mol. The summed E-state index contributed by atoms with van der Waals surface area (Å²) >= 11 is 0. The first-order valence-corrected chi connectivity index (χ1v) is 13.2. The zero-order valence-corrected chi connectivity index (χ0v) is 23.5. The third-order valence-electron chi connectivity index (χ3n) is 6.48. The Hall–Kier alpha value is -5.31. The van der Waals surface area contributed by atoms with E-state index in [1.165, 1.54) is 25.5 Å². The van der Waals surface area contributed by atoms with Gasteiger partial charge in [-0.2, -0.15) is 5.10 Å². The number of halogens is 1. The number of carbonyl (C=O) groups is 1. The van der Waals surface area contributed by atoms with Gasteiger partial charge in [-0.1, -0.05) is 12.1 Å². The molecule has 0 atom stereocenters. The Morgan fingerprint density at radius 2 is 1.69 bits per heavy atom. The molecule has 0 aliphatic rings. The average Bonchev–Trinajstić information content (AvgIpc) is 3.61. The molecule has 0 fully saturated rings. The van der Waals surface area contributed by atoms with Crippen LogP contribution in [0.5, 0.6) is 17.2 Å². The van der Waals surface area contributed by atoms with Gasteiger partial charge in [-0.25, -0.2) is 9.82 Å². The lowest BCUT2D eigenvalue weighted by atomic mass is 10.2. The highest BCUT2D eigenvalue weighted by Gasteiger charge is 2.12. The quantitative estimate of drug-likeness (QED) is 0.141. The number of ether oxygens (including phenoxy) is 3. The van der Waals surface area contributed by atoms with Crippen molar-refractivity contribution >= 4 is 12.1 Å². The maximum atomic E-state index is 13.4. The topological polar surface area (TPSA) is 87.2 Å². The van der Waals surface area contributed by atoms with Crippen molar-refractivity contribution in [3.63, 3.8) is 0 Å². The number of furan rings is 1. The van der Waals surface area contributed by atoms with Gasteiger partial charge in [-0.3, -0.25) is 4.79 Å². The number of nitrogens with zero attached hydrogens (tertiary/aromatic N) is 2. The van der Waals surface area contributed by atoms with Crippen LogP contribution >= 0.6 is 0 Å². The molecular weight excluding hydrogens is 537 g/mol. The molecule has 3 aromatic carbocycles. The Kier molecular flexibility index (Phi) is 8.67. The summed E-state index contributed by atoms with van der Waals surface area (Å²) in [7, 11) is 1.52. The zero-order valence-electron chi connectivity index (χ0n) is 23.5. The van der Waals surface area contributed by atoms with Crippen LogP contribution in [0.1, 0.15) is 38.8 Å². The number of rotatable bonds is 11. The fourth-order valence-electron chi connectivity index (χ4n) is 4.39. The molecule has 0 spiro atoms. The smallest absolute Gasteiger partial charge is 0.307 e. The van der Waals surface area contributed by atoms with E-state index in [2.05, 4.69) is 41.1 Å². The van der Waals surface area contributed by atoms with Crippen molar-refractivity contribution in [2.24, 2.45) is 5.10 Å². The van der Waals surface area contributed by atoms with Gasteiger partial charge in [0.2, 0.25) is 0 Å². The van der Waals surface area contributed by atoms with Crippen LogP contribution < -0.4 is 19.6 Å². The molecule has 0 radical (unpaired) electrons. The van der Waals surface area contributed by atoms with Crippen molar-refractivity contribution in [3.8, 4) is 22.9 Å². The van der Waals surface area contributed by atoms with Crippen LogP contribution in [0.2, 0.25) is 0 Å². The van der Waals surface area contributed by atoms with E-state index in [-0.39, 0.29) is 24.8 Å². The van der Waals surface area contributed by atoms with Crippen LogP contribution in [-0.4, -0.2) is 23.8 Å². The molecule has 9 heteroatoms. The second kappa shape index (κ2) is 12.9. The molecule has 0 saturated heterocycles. The van der Waals surface area contributed by atoms with E-state index >= 15 is 0 Å². The number of carbonyl (C=O) groups excluding carboxylic acids is 1. The molecule has 1 amide bonds. The van der Waals surface area contributed by atoms with Gasteiger partial charge in [0.15, 0.2) is 17.3 Å². The van der Waals surface area contributed by atoms with Crippen LogP contribution in [0, 0.1) is 19.7 Å². The summed E-state index contributed by atoms with van der Waals surface area (Å²) < 4.78 is 38.2. The van der Waals surface area contributed by atoms with Crippen LogP contribution in [0.3, 0.4) is 0 Å². The van der Waals surface area contributed by atoms with Gasteiger partial charge in [0.1, 0.15) is 30.5 Å². The molecule has 1 N–H and O–H groups in total. The molecule has 214 valence electrons. The molecule has 0 bridgehead atoms. The highest BCUT2D eigenvalue weighted by molar-refractivity contribution is 5.92. The summed E-state index contributed by atoms with van der Waals surface area (Å²) in [5, 5.41) is 4.01. The molecule has 2 aromatic heterocycles. The fourth-order valence-corrected chi connectivity index (χ4v) is 4.39. The lowest BCUT2D eigenvalue weighted by molar-refractivity contribution is 0.0923. The third kappa shape index (κ3) is 6.87. The molecule has 5 aromatic rings. The normalized spacial score (nSPS) is 11.0. The Labute approximate surface area is 243 Å². The number of aryl methyl sites for hydroxylation is 2. The number of aromatic nitrogens is 1. The van der Waals surface area contributed by atoms with E-state index in [9.17, 15) is 9.18 Å². The van der Waals surface area contributed by atoms with Crippen molar-refractivity contribution in [1.82, 2.24) is 9.99 Å². The van der Waals surface area contributed by atoms with Crippen LogP contribution in [0.4, 0.5) is 4.39 Å². The van der Waals surface area contributed by atoms with Gasteiger partial charge in [-0.15, -0.1) is 0 Å². The molecule has 0 aliphatic carbocycles. The van der Waals surface area contributed by atoms with E-state index in [1.54, 1.807) is 42.5 Å². The van der Waals surface area contributed by atoms with E-state index in [0.29, 0.717) is 34.1 Å². The minimum Gasteiger partial charge on any atom is -0.493 e. The Balaban J connectivity index is 1.12. The lowest BCUT2D eigenvalue weighted by Crippen LogP contribution is -2.16. The molecule has 0 unspecified atom stereocenters. The molecule has 8 nitrogen and oxygen atoms in total. The minimum atomic E-state index is -0.499. The number of amides is 1. The van der Waals surface area contributed by atoms with Gasteiger partial charge in [0, 0.05) is 17.1 Å². The number of hydrogen-bond donors (Lipinski definition) is 1. The monoisotopic (exact) mass is 567 g/mol. The Morgan fingerprint density at radius 3 is 2.43 bits per heavy atom. The molecule has 2 heterocycles. The summed E-state index contributed by atoms with van der Waals surface area (Å²) in [6, 6.07) is 26.6. The first-order valence-electron chi connectivity index (χ1n) is 13.2. The van der Waals surface area contributed by atoms with Crippen LogP contribution in [0.25, 0.3) is 5.69 Å². The van der Waals surface area contributed by atoms with Gasteiger partial charge in [0.05, 0.1) is 13.3 Å². The number of nitrogens with one attached hydrogen (secondary N) is 1. The summed E-state index contributed by atoms with van der Waals surface area (Å²) in [6.07, 6.45) is 1.48. The predicted octanol–water partition coefficient (Wildman–Crippen LogP) is 6.76. The third-order valence-corrected chi connectivity index (χ3v) is 6.48.